The number of anilines is 3. The molecule has 0 spiro atoms. The number of thiocarbonyl (C=S) groups is 2. The number of esters is 1. The molecule has 0 bridgehead atoms. The monoisotopic (exact) mass is 972 g/mol. The van der Waals surface area contributed by atoms with Crippen LogP contribution < -0.4 is 26.2 Å². The Morgan fingerprint density at radius 1 is 0.864 bits per heavy atom. The van der Waals surface area contributed by atoms with Crippen LogP contribution >= 0.6 is 47.6 Å². The van der Waals surface area contributed by atoms with Gasteiger partial charge in [-0.2, -0.15) is 15.5 Å². The lowest BCUT2D eigenvalue weighted by atomic mass is 10.0. The van der Waals surface area contributed by atoms with Crippen molar-refractivity contribution in [1.29, 1.82) is 10.5 Å². The predicted molar refractivity (Wildman–Crippen MR) is 251 cm³/mol. The van der Waals surface area contributed by atoms with Gasteiger partial charge in [0.15, 0.2) is 39.4 Å². The van der Waals surface area contributed by atoms with E-state index >= 15 is 0 Å². The highest BCUT2D eigenvalue weighted by molar-refractivity contribution is 7.81. The summed E-state index contributed by atoms with van der Waals surface area (Å²) in [7, 11) is 1.27. The van der Waals surface area contributed by atoms with Crippen LogP contribution in [0.5, 0.6) is 0 Å². The third-order valence-electron chi connectivity index (χ3n) is 9.63. The number of aromatic nitrogens is 6. The lowest BCUT2D eigenvalue weighted by Gasteiger charge is -2.29. The molecule has 6 aromatic heterocycles. The number of amides is 1. The van der Waals surface area contributed by atoms with E-state index in [0.717, 1.165) is 8.80 Å². The van der Waals surface area contributed by atoms with Crippen LogP contribution in [0.15, 0.2) is 75.8 Å². The number of nitriles is 2. The molecule has 7 rings (SSSR count). The summed E-state index contributed by atoms with van der Waals surface area (Å²) >= 11 is 21.7. The Labute approximate surface area is 395 Å². The third kappa shape index (κ3) is 10.4. The molecule has 1 fully saturated rings. The molecule has 7 heterocycles. The summed E-state index contributed by atoms with van der Waals surface area (Å²) in [6.45, 7) is 10.1. The van der Waals surface area contributed by atoms with E-state index in [0.29, 0.717) is 29.9 Å². The zero-order valence-electron chi connectivity index (χ0n) is 36.0. The Hall–Kier alpha value is -7.13. The second-order valence-corrected chi connectivity index (χ2v) is 16.3. The molecule has 338 valence electrons. The molecule has 1 N–H and O–H groups in total. The van der Waals surface area contributed by atoms with Crippen molar-refractivity contribution in [3.8, 4) is 12.1 Å². The van der Waals surface area contributed by atoms with E-state index in [2.05, 4.69) is 52.4 Å². The van der Waals surface area contributed by atoms with Gasteiger partial charge in [-0.1, -0.05) is 37.0 Å². The van der Waals surface area contributed by atoms with Gasteiger partial charge in [0.2, 0.25) is 0 Å². The maximum atomic E-state index is 15.0. The Morgan fingerprint density at radius 3 is 1.89 bits per heavy atom. The van der Waals surface area contributed by atoms with Crippen LogP contribution in [0.3, 0.4) is 0 Å². The van der Waals surface area contributed by atoms with Crippen LogP contribution in [0, 0.1) is 34.3 Å². The molecule has 23 heteroatoms. The van der Waals surface area contributed by atoms with Crippen molar-refractivity contribution in [1.82, 2.24) is 28.7 Å². The number of rotatable bonds is 8. The summed E-state index contributed by atoms with van der Waals surface area (Å²) in [6, 6.07) is 11.7. The number of aliphatic imine (C=N–C) groups is 1. The molecule has 0 saturated carbocycles. The first-order chi connectivity index (χ1) is 31.1. The van der Waals surface area contributed by atoms with E-state index in [1.807, 2.05) is 26.0 Å². The second kappa shape index (κ2) is 20.4. The Morgan fingerprint density at radius 2 is 1.39 bits per heavy atom. The molecule has 17 nitrogen and oxygen atoms in total. The zero-order chi connectivity index (χ0) is 48.8. The zero-order valence-corrected chi connectivity index (χ0v) is 39.1. The van der Waals surface area contributed by atoms with Crippen LogP contribution in [0.25, 0.3) is 11.3 Å². The van der Waals surface area contributed by atoms with Crippen molar-refractivity contribution in [2.24, 2.45) is 4.99 Å². The first-order valence-electron chi connectivity index (χ1n) is 19.3. The number of aryl methyl sites for hydroxylation is 2. The molecular formula is C43H36Cl2F2N12O5S2. The lowest BCUT2D eigenvalue weighted by Crippen LogP contribution is -2.44. The standard InChI is InChI=1S/C21H16ClFN6O2S.C15H18FN3O3.C7H2ClN3S/c1-4-11-5-17(30)27-10-13(7-15(23)18(27)26-11)29-20(32)28(19(31)21(29,2)3)12-6-14(22)16(8-24)25-9-12;1-5-9-7-12(20)19-8-10(6-11(16)13(19)17-9)18-15(2,3)14(21)22-4;8-6-1-5(11-4-12)3-10-7(6)2-9/h5-7,9-10H,4H2,1-3H3;6-8,18H,5H2,1-4H3;1,3H. The minimum absolute atomic E-state index is 0.0130. The quantitative estimate of drug-likeness (QED) is 0.0897. The Balaban J connectivity index is 0.000000207. The number of carbonyl (C=O) groups excluding carboxylic acids is 2. The van der Waals surface area contributed by atoms with E-state index in [1.165, 1.54) is 78.1 Å². The van der Waals surface area contributed by atoms with Gasteiger partial charge in [-0.05, 0) is 77.1 Å². The number of methoxy groups -OCH3 is 1. The third-order valence-corrected chi connectivity index (χ3v) is 10.7. The molecule has 0 aromatic carbocycles. The highest BCUT2D eigenvalue weighted by atomic mass is 35.5. The van der Waals surface area contributed by atoms with Gasteiger partial charge < -0.3 is 15.0 Å². The summed E-state index contributed by atoms with van der Waals surface area (Å²) in [5.74, 6) is -2.27. The number of pyridine rings is 4. The number of nitrogens with one attached hydrogen (secondary N) is 1. The van der Waals surface area contributed by atoms with Crippen LogP contribution in [0.1, 0.15) is 64.3 Å². The molecule has 0 atom stereocenters. The first-order valence-corrected chi connectivity index (χ1v) is 20.9. The molecular weight excluding hydrogens is 938 g/mol. The summed E-state index contributed by atoms with van der Waals surface area (Å²) < 4.78 is 36.1. The summed E-state index contributed by atoms with van der Waals surface area (Å²) in [6.07, 6.45) is 6.57. The van der Waals surface area contributed by atoms with Crippen molar-refractivity contribution in [3.63, 3.8) is 0 Å². The topological polar surface area (TPSA) is 216 Å². The fourth-order valence-corrected chi connectivity index (χ4v) is 7.37. The fraction of sp³-hybridized carbons (Fsp3) is 0.256. The van der Waals surface area contributed by atoms with Gasteiger partial charge >= 0.3 is 5.97 Å². The number of fused-ring (bicyclic) bond motifs is 2. The maximum absolute atomic E-state index is 15.0. The number of carbonyl (C=O) groups is 2. The maximum Gasteiger partial charge on any atom is 0.330 e. The highest BCUT2D eigenvalue weighted by Crippen LogP contribution is 2.37. The van der Waals surface area contributed by atoms with Gasteiger partial charge in [-0.15, -0.1) is 0 Å². The van der Waals surface area contributed by atoms with Gasteiger partial charge in [-0.25, -0.2) is 33.5 Å². The van der Waals surface area contributed by atoms with E-state index in [9.17, 15) is 28.0 Å². The van der Waals surface area contributed by atoms with Gasteiger partial charge in [0.05, 0.1) is 57.5 Å². The smallest absolute Gasteiger partial charge is 0.330 e. The minimum Gasteiger partial charge on any atom is -0.467 e. The Bertz CT molecular complexity index is 3220. The normalized spacial score (nSPS) is 12.9. The Kier molecular flexibility index (Phi) is 15.4. The van der Waals surface area contributed by atoms with Crippen molar-refractivity contribution in [3.05, 3.63) is 126 Å². The number of ether oxygens (including phenoxy) is 1. The highest BCUT2D eigenvalue weighted by Gasteiger charge is 2.50. The number of hydrogen-bond donors (Lipinski definition) is 1. The average molecular weight is 974 g/mol. The molecule has 1 aliphatic heterocycles. The SMILES string of the molecule is CCc1cc(=O)n2cc(N3C(=S)N(c4cnc(C#N)c(Cl)c4)C(=O)C3(C)C)cc(F)c2n1.CCc1cc(=O)n2cc(NC(C)(C)C(=O)OC)cc(F)c2n1.N#Cc1ncc(N=C=S)cc1Cl. The number of isothiocyanates is 1. The molecule has 0 aliphatic carbocycles. The number of hydrogen-bond acceptors (Lipinski definition) is 15. The van der Waals surface area contributed by atoms with Crippen LogP contribution in [0.2, 0.25) is 10.0 Å². The van der Waals surface area contributed by atoms with Gasteiger partial charge in [0.1, 0.15) is 23.2 Å². The summed E-state index contributed by atoms with van der Waals surface area (Å²) in [4.78, 5) is 71.9. The van der Waals surface area contributed by atoms with Crippen molar-refractivity contribution in [2.45, 2.75) is 65.5 Å². The largest absolute Gasteiger partial charge is 0.467 e. The van der Waals surface area contributed by atoms with Crippen LogP contribution in [0.4, 0.5) is 31.5 Å². The van der Waals surface area contributed by atoms with E-state index in [4.69, 9.17) is 45.9 Å². The predicted octanol–water partition coefficient (Wildman–Crippen LogP) is 7.33. The first kappa shape index (κ1) is 49.9. The molecule has 66 heavy (non-hydrogen) atoms. The van der Waals surface area contributed by atoms with Crippen LogP contribution in [-0.2, 0) is 27.2 Å². The van der Waals surface area contributed by atoms with Crippen molar-refractivity contribution in [2.75, 3.05) is 22.2 Å². The molecule has 0 radical (unpaired) electrons. The molecule has 6 aromatic rings. The van der Waals surface area contributed by atoms with Gasteiger partial charge in [0, 0.05) is 48.0 Å². The molecule has 1 aliphatic rings. The van der Waals surface area contributed by atoms with Crippen molar-refractivity contribution < 1.29 is 23.1 Å². The van der Waals surface area contributed by atoms with E-state index in [-0.39, 0.29) is 60.5 Å². The number of halogens is 4. The fourth-order valence-electron chi connectivity index (χ4n) is 6.34. The minimum atomic E-state index is -1.21. The van der Waals surface area contributed by atoms with Gasteiger partial charge in [0.25, 0.3) is 17.0 Å². The van der Waals surface area contributed by atoms with E-state index in [1.54, 1.807) is 27.7 Å². The molecule has 0 unspecified atom stereocenters. The lowest BCUT2D eigenvalue weighted by molar-refractivity contribution is -0.144. The molecule has 1 amide bonds. The average Bonchev–Trinajstić information content (AvgIpc) is 3.45. The molecule has 1 saturated heterocycles. The van der Waals surface area contributed by atoms with E-state index < -0.39 is 40.1 Å². The van der Waals surface area contributed by atoms with Crippen LogP contribution in [-0.4, -0.2) is 69.1 Å². The summed E-state index contributed by atoms with van der Waals surface area (Å²) in [5.41, 5.74) is -0.770. The van der Waals surface area contributed by atoms with Gasteiger partial charge in [-0.3, -0.25) is 28.1 Å². The second-order valence-electron chi connectivity index (χ2n) is 14.9. The van der Waals surface area contributed by atoms with Crippen molar-refractivity contribution >= 4 is 104 Å². The summed E-state index contributed by atoms with van der Waals surface area (Å²) in [5, 5.41) is 22.9. The number of nitrogens with zero attached hydrogens (tertiary/aromatic N) is 11.